The van der Waals surface area contributed by atoms with Gasteiger partial charge in [0.05, 0.1) is 7.11 Å². The maximum Gasteiger partial charge on any atom is 0.235 e. The van der Waals surface area contributed by atoms with Crippen LogP contribution in [0.3, 0.4) is 0 Å². The standard InChI is InChI=1S/C21H26FN3O/c1-15(20-21(26-3)24-11-10-23-20)19-17(8-12-25(2)13-9-22)14-16-6-4-5-7-18(16)19/h4-7,10-11,15H,8-9,12-14H2,1-3H3. The van der Waals surface area contributed by atoms with Crippen LogP contribution in [0.4, 0.5) is 4.39 Å². The summed E-state index contributed by atoms with van der Waals surface area (Å²) in [6.07, 6.45) is 5.23. The van der Waals surface area contributed by atoms with Gasteiger partial charge in [-0.3, -0.25) is 4.98 Å². The number of allylic oxidation sites excluding steroid dienone is 1. The van der Waals surface area contributed by atoms with Crippen LogP contribution in [0.2, 0.25) is 0 Å². The zero-order chi connectivity index (χ0) is 18.5. The molecule has 0 saturated heterocycles. The summed E-state index contributed by atoms with van der Waals surface area (Å²) in [7, 11) is 3.60. The van der Waals surface area contributed by atoms with Gasteiger partial charge in [0.2, 0.25) is 5.88 Å². The van der Waals surface area contributed by atoms with E-state index in [0.717, 1.165) is 25.1 Å². The number of ether oxygens (including phenoxy) is 1. The quantitative estimate of drug-likeness (QED) is 0.720. The summed E-state index contributed by atoms with van der Waals surface area (Å²) in [6, 6.07) is 8.54. The second-order valence-electron chi connectivity index (χ2n) is 6.77. The summed E-state index contributed by atoms with van der Waals surface area (Å²) < 4.78 is 18.0. The molecule has 1 unspecified atom stereocenters. The van der Waals surface area contributed by atoms with Gasteiger partial charge in [-0.15, -0.1) is 0 Å². The molecule has 1 heterocycles. The molecule has 2 aromatic rings. The molecule has 0 radical (unpaired) electrons. The van der Waals surface area contributed by atoms with Gasteiger partial charge in [-0.1, -0.05) is 36.8 Å². The van der Waals surface area contributed by atoms with Crippen molar-refractivity contribution in [3.05, 3.63) is 59.1 Å². The van der Waals surface area contributed by atoms with Crippen LogP contribution in [0.15, 0.2) is 42.2 Å². The highest BCUT2D eigenvalue weighted by molar-refractivity contribution is 5.80. The number of hydrogen-bond donors (Lipinski definition) is 0. The van der Waals surface area contributed by atoms with E-state index in [2.05, 4.69) is 41.2 Å². The van der Waals surface area contributed by atoms with Crippen molar-refractivity contribution in [1.29, 1.82) is 0 Å². The SMILES string of the molecule is COc1nccnc1C(C)C1=C(CCN(C)CCF)Cc2ccccc21. The van der Waals surface area contributed by atoms with Crippen molar-refractivity contribution in [2.75, 3.05) is 33.9 Å². The monoisotopic (exact) mass is 355 g/mol. The van der Waals surface area contributed by atoms with E-state index in [-0.39, 0.29) is 12.6 Å². The summed E-state index contributed by atoms with van der Waals surface area (Å²) >= 11 is 0. The summed E-state index contributed by atoms with van der Waals surface area (Å²) in [5.74, 6) is 0.662. The number of rotatable bonds is 8. The van der Waals surface area contributed by atoms with Crippen molar-refractivity contribution in [2.24, 2.45) is 0 Å². The maximum atomic E-state index is 12.6. The van der Waals surface area contributed by atoms with Gasteiger partial charge in [0.25, 0.3) is 0 Å². The normalized spacial score (nSPS) is 14.7. The number of hydrogen-bond acceptors (Lipinski definition) is 4. The third-order valence-electron chi connectivity index (χ3n) is 5.08. The third kappa shape index (κ3) is 3.78. The molecule has 1 aliphatic carbocycles. The van der Waals surface area contributed by atoms with E-state index < -0.39 is 0 Å². The van der Waals surface area contributed by atoms with Crippen LogP contribution >= 0.6 is 0 Å². The largest absolute Gasteiger partial charge is 0.480 e. The van der Waals surface area contributed by atoms with Gasteiger partial charge >= 0.3 is 0 Å². The van der Waals surface area contributed by atoms with Gasteiger partial charge in [-0.2, -0.15) is 0 Å². The number of alkyl halides is 1. The highest BCUT2D eigenvalue weighted by atomic mass is 19.1. The average molecular weight is 355 g/mol. The molecule has 0 N–H and O–H groups in total. The molecule has 138 valence electrons. The molecule has 0 fully saturated rings. The molecule has 1 aromatic carbocycles. The second-order valence-corrected chi connectivity index (χ2v) is 6.77. The Balaban J connectivity index is 1.95. The van der Waals surface area contributed by atoms with Crippen molar-refractivity contribution in [3.63, 3.8) is 0 Å². The van der Waals surface area contributed by atoms with Crippen molar-refractivity contribution in [1.82, 2.24) is 14.9 Å². The molecule has 3 rings (SSSR count). The molecule has 0 aliphatic heterocycles. The summed E-state index contributed by atoms with van der Waals surface area (Å²) in [4.78, 5) is 10.9. The van der Waals surface area contributed by atoms with E-state index in [9.17, 15) is 4.39 Å². The Hall–Kier alpha value is -2.27. The van der Waals surface area contributed by atoms with Gasteiger partial charge in [0.1, 0.15) is 12.4 Å². The predicted octanol–water partition coefficient (Wildman–Crippen LogP) is 3.89. The Morgan fingerprint density at radius 3 is 2.73 bits per heavy atom. The zero-order valence-electron chi connectivity index (χ0n) is 15.7. The van der Waals surface area contributed by atoms with Crippen LogP contribution in [0, 0.1) is 0 Å². The lowest BCUT2D eigenvalue weighted by Crippen LogP contribution is -2.22. The fourth-order valence-corrected chi connectivity index (χ4v) is 3.72. The molecule has 4 nitrogen and oxygen atoms in total. The molecule has 0 spiro atoms. The Labute approximate surface area is 154 Å². The molecular formula is C21H26FN3O. The van der Waals surface area contributed by atoms with Crippen molar-refractivity contribution >= 4 is 5.57 Å². The van der Waals surface area contributed by atoms with Gasteiger partial charge in [0.15, 0.2) is 0 Å². The summed E-state index contributed by atoms with van der Waals surface area (Å²) in [6.45, 7) is 3.18. The first-order chi connectivity index (χ1) is 12.7. The summed E-state index contributed by atoms with van der Waals surface area (Å²) in [5, 5.41) is 0. The first kappa shape index (κ1) is 18.5. The number of methoxy groups -OCH3 is 1. The maximum absolute atomic E-state index is 12.6. The lowest BCUT2D eigenvalue weighted by atomic mass is 9.90. The molecule has 1 atom stereocenters. The molecular weight excluding hydrogens is 329 g/mol. The first-order valence-electron chi connectivity index (χ1n) is 9.05. The van der Waals surface area contributed by atoms with Gasteiger partial charge in [-0.05, 0) is 36.6 Å². The van der Waals surface area contributed by atoms with Gasteiger partial charge in [-0.25, -0.2) is 9.37 Å². The minimum Gasteiger partial charge on any atom is -0.480 e. The lowest BCUT2D eigenvalue weighted by Gasteiger charge is -2.20. The van der Waals surface area contributed by atoms with E-state index in [0.29, 0.717) is 12.4 Å². The Bertz CT molecular complexity index is 790. The molecule has 0 bridgehead atoms. The second kappa shape index (κ2) is 8.41. The van der Waals surface area contributed by atoms with Crippen LogP contribution in [-0.2, 0) is 6.42 Å². The highest BCUT2D eigenvalue weighted by Gasteiger charge is 2.28. The van der Waals surface area contributed by atoms with Crippen LogP contribution in [0.5, 0.6) is 5.88 Å². The lowest BCUT2D eigenvalue weighted by molar-refractivity contribution is 0.298. The Morgan fingerprint density at radius 1 is 1.19 bits per heavy atom. The highest BCUT2D eigenvalue weighted by Crippen LogP contribution is 2.43. The molecule has 5 heteroatoms. The van der Waals surface area contributed by atoms with E-state index in [1.807, 2.05) is 11.9 Å². The van der Waals surface area contributed by atoms with Gasteiger partial charge in [0, 0.05) is 31.4 Å². The molecule has 0 amide bonds. The predicted molar refractivity (Wildman–Crippen MR) is 102 cm³/mol. The van der Waals surface area contributed by atoms with Crippen LogP contribution < -0.4 is 4.74 Å². The van der Waals surface area contributed by atoms with Crippen molar-refractivity contribution < 1.29 is 9.13 Å². The average Bonchev–Trinajstić information content (AvgIpc) is 3.04. The number of fused-ring (bicyclic) bond motifs is 1. The Morgan fingerprint density at radius 2 is 1.96 bits per heavy atom. The molecule has 1 aliphatic rings. The van der Waals surface area contributed by atoms with E-state index in [4.69, 9.17) is 4.74 Å². The van der Waals surface area contributed by atoms with Crippen LogP contribution in [-0.4, -0.2) is 48.8 Å². The van der Waals surface area contributed by atoms with Crippen molar-refractivity contribution in [3.8, 4) is 5.88 Å². The number of nitrogens with zero attached hydrogens (tertiary/aromatic N) is 3. The topological polar surface area (TPSA) is 38.3 Å². The van der Waals surface area contributed by atoms with E-state index in [1.165, 1.54) is 22.3 Å². The van der Waals surface area contributed by atoms with Crippen LogP contribution in [0.25, 0.3) is 5.57 Å². The molecule has 0 saturated carbocycles. The number of halogens is 1. The molecule has 1 aromatic heterocycles. The van der Waals surface area contributed by atoms with Crippen LogP contribution in [0.1, 0.15) is 36.1 Å². The fourth-order valence-electron chi connectivity index (χ4n) is 3.72. The minimum atomic E-state index is -0.310. The van der Waals surface area contributed by atoms with Crippen molar-refractivity contribution in [2.45, 2.75) is 25.7 Å². The minimum absolute atomic E-state index is 0.0868. The third-order valence-corrected chi connectivity index (χ3v) is 5.08. The van der Waals surface area contributed by atoms with E-state index in [1.54, 1.807) is 19.5 Å². The summed E-state index contributed by atoms with van der Waals surface area (Å²) in [5.41, 5.74) is 6.21. The fraction of sp³-hybridized carbons (Fsp3) is 0.429. The first-order valence-corrected chi connectivity index (χ1v) is 9.05. The number of benzene rings is 1. The van der Waals surface area contributed by atoms with Gasteiger partial charge < -0.3 is 9.64 Å². The molecule has 26 heavy (non-hydrogen) atoms. The smallest absolute Gasteiger partial charge is 0.235 e. The Kier molecular flexibility index (Phi) is 5.99. The number of aromatic nitrogens is 2. The zero-order valence-corrected chi connectivity index (χ0v) is 15.7. The van der Waals surface area contributed by atoms with E-state index >= 15 is 0 Å².